The van der Waals surface area contributed by atoms with E-state index in [1.807, 2.05) is 6.92 Å². The van der Waals surface area contributed by atoms with Gasteiger partial charge in [0, 0.05) is 31.7 Å². The lowest BCUT2D eigenvalue weighted by Gasteiger charge is -2.39. The van der Waals surface area contributed by atoms with E-state index < -0.39 is 0 Å². The number of rotatable bonds is 7. The Morgan fingerprint density at radius 3 is 2.65 bits per heavy atom. The van der Waals surface area contributed by atoms with Crippen LogP contribution in [0.3, 0.4) is 0 Å². The molecular formula is C19H30N2O2. The van der Waals surface area contributed by atoms with Crippen molar-refractivity contribution in [3.63, 3.8) is 0 Å². The zero-order valence-electron chi connectivity index (χ0n) is 14.7. The van der Waals surface area contributed by atoms with E-state index in [2.05, 4.69) is 48.7 Å². The van der Waals surface area contributed by atoms with E-state index >= 15 is 0 Å². The van der Waals surface area contributed by atoms with Gasteiger partial charge in [-0.15, -0.1) is 0 Å². The molecule has 0 unspecified atom stereocenters. The largest absolute Gasteiger partial charge is 0.381 e. The molecule has 1 atom stereocenters. The molecule has 4 heteroatoms. The third kappa shape index (κ3) is 4.55. The van der Waals surface area contributed by atoms with E-state index in [9.17, 15) is 4.79 Å². The summed E-state index contributed by atoms with van der Waals surface area (Å²) < 4.78 is 5.59. The van der Waals surface area contributed by atoms with E-state index in [0.717, 1.165) is 45.6 Å². The second-order valence-corrected chi connectivity index (χ2v) is 6.60. The van der Waals surface area contributed by atoms with E-state index in [1.165, 1.54) is 11.1 Å². The molecule has 0 aromatic heterocycles. The summed E-state index contributed by atoms with van der Waals surface area (Å²) in [5, 5.41) is 6.42. The van der Waals surface area contributed by atoms with Crippen LogP contribution < -0.4 is 10.6 Å². The van der Waals surface area contributed by atoms with Crippen LogP contribution in [-0.2, 0) is 14.9 Å². The Labute approximate surface area is 140 Å². The predicted molar refractivity (Wildman–Crippen MR) is 93.7 cm³/mol. The van der Waals surface area contributed by atoms with Gasteiger partial charge in [-0.05, 0) is 44.2 Å². The Hall–Kier alpha value is -1.39. The lowest BCUT2D eigenvalue weighted by atomic mass is 9.72. The minimum Gasteiger partial charge on any atom is -0.381 e. The maximum absolute atomic E-state index is 12.1. The summed E-state index contributed by atoms with van der Waals surface area (Å²) in [6, 6.07) is 8.41. The van der Waals surface area contributed by atoms with Crippen molar-refractivity contribution in [3.8, 4) is 0 Å². The molecule has 1 aromatic rings. The molecule has 0 bridgehead atoms. The third-order valence-corrected chi connectivity index (χ3v) is 4.86. The standard InChI is InChI=1S/C19H30N2O2/c1-4-11-20-18(22)16(3)21-14-19(9-12-23-13-10-19)17-8-6-5-7-15(17)2/h5-8,16,21H,4,9-14H2,1-3H3,(H,20,22)/t16-/m1/s1. The fraction of sp³-hybridized carbons (Fsp3) is 0.632. The van der Waals surface area contributed by atoms with Crippen LogP contribution >= 0.6 is 0 Å². The number of amides is 1. The van der Waals surface area contributed by atoms with Gasteiger partial charge in [-0.2, -0.15) is 0 Å². The van der Waals surface area contributed by atoms with Gasteiger partial charge in [0.05, 0.1) is 6.04 Å². The summed E-state index contributed by atoms with van der Waals surface area (Å²) >= 11 is 0. The van der Waals surface area contributed by atoms with E-state index in [0.29, 0.717) is 0 Å². The smallest absolute Gasteiger partial charge is 0.236 e. The van der Waals surface area contributed by atoms with Crippen molar-refractivity contribution < 1.29 is 9.53 Å². The Morgan fingerprint density at radius 2 is 2.00 bits per heavy atom. The van der Waals surface area contributed by atoms with Gasteiger partial charge >= 0.3 is 0 Å². The number of ether oxygens (including phenoxy) is 1. The molecule has 4 nitrogen and oxygen atoms in total. The average molecular weight is 318 g/mol. The van der Waals surface area contributed by atoms with E-state index in [1.54, 1.807) is 0 Å². The quantitative estimate of drug-likeness (QED) is 0.812. The number of aryl methyl sites for hydroxylation is 1. The predicted octanol–water partition coefficient (Wildman–Crippen LogP) is 2.55. The third-order valence-electron chi connectivity index (χ3n) is 4.86. The highest BCUT2D eigenvalue weighted by Crippen LogP contribution is 2.36. The summed E-state index contributed by atoms with van der Waals surface area (Å²) in [5.41, 5.74) is 2.76. The number of nitrogens with one attached hydrogen (secondary N) is 2. The first kappa shape index (κ1) is 18.0. The second kappa shape index (κ2) is 8.46. The van der Waals surface area contributed by atoms with Crippen molar-refractivity contribution in [2.24, 2.45) is 0 Å². The molecule has 1 heterocycles. The van der Waals surface area contributed by atoms with Crippen LogP contribution in [-0.4, -0.2) is 38.3 Å². The minimum absolute atomic E-state index is 0.0584. The number of carbonyl (C=O) groups is 1. The lowest BCUT2D eigenvalue weighted by Crippen LogP contribution is -2.50. The maximum Gasteiger partial charge on any atom is 0.236 e. The van der Waals surface area contributed by atoms with Crippen molar-refractivity contribution in [3.05, 3.63) is 35.4 Å². The molecule has 0 radical (unpaired) electrons. The molecule has 0 saturated carbocycles. The number of hydrogen-bond donors (Lipinski definition) is 2. The molecule has 23 heavy (non-hydrogen) atoms. The Kier molecular flexibility index (Phi) is 6.60. The number of benzene rings is 1. The molecule has 2 N–H and O–H groups in total. The van der Waals surface area contributed by atoms with Crippen LogP contribution in [0.1, 0.15) is 44.2 Å². The van der Waals surface area contributed by atoms with E-state index in [4.69, 9.17) is 4.74 Å². The topological polar surface area (TPSA) is 50.4 Å². The van der Waals surface area contributed by atoms with Gasteiger partial charge < -0.3 is 15.4 Å². The highest BCUT2D eigenvalue weighted by atomic mass is 16.5. The first-order valence-corrected chi connectivity index (χ1v) is 8.74. The van der Waals surface area contributed by atoms with Gasteiger partial charge in [0.1, 0.15) is 0 Å². The molecule has 0 aliphatic carbocycles. The first-order chi connectivity index (χ1) is 11.1. The van der Waals surface area contributed by atoms with Gasteiger partial charge in [-0.3, -0.25) is 4.79 Å². The molecular weight excluding hydrogens is 288 g/mol. The number of carbonyl (C=O) groups excluding carboxylic acids is 1. The van der Waals surface area contributed by atoms with Gasteiger partial charge in [-0.25, -0.2) is 0 Å². The molecule has 0 spiro atoms. The van der Waals surface area contributed by atoms with Gasteiger partial charge in [0.25, 0.3) is 0 Å². The molecule has 1 amide bonds. The molecule has 1 aliphatic rings. The molecule has 1 aromatic carbocycles. The summed E-state index contributed by atoms with van der Waals surface area (Å²) in [6.45, 7) is 9.29. The SMILES string of the molecule is CCCNC(=O)[C@@H](C)NCC1(c2ccccc2C)CCOCC1. The van der Waals surface area contributed by atoms with Crippen molar-refractivity contribution in [2.45, 2.75) is 51.5 Å². The first-order valence-electron chi connectivity index (χ1n) is 8.74. The van der Waals surface area contributed by atoms with Gasteiger partial charge in [0.15, 0.2) is 0 Å². The Bertz CT molecular complexity index is 510. The van der Waals surface area contributed by atoms with Gasteiger partial charge in [-0.1, -0.05) is 31.2 Å². The van der Waals surface area contributed by atoms with E-state index in [-0.39, 0.29) is 17.4 Å². The average Bonchev–Trinajstić information content (AvgIpc) is 2.58. The number of hydrogen-bond acceptors (Lipinski definition) is 3. The lowest BCUT2D eigenvalue weighted by molar-refractivity contribution is -0.122. The zero-order valence-corrected chi connectivity index (χ0v) is 14.7. The van der Waals surface area contributed by atoms with Crippen LogP contribution in [0, 0.1) is 6.92 Å². The summed E-state index contributed by atoms with van der Waals surface area (Å²) in [6.07, 6.45) is 2.95. The highest BCUT2D eigenvalue weighted by molar-refractivity contribution is 5.81. The zero-order chi connectivity index (χ0) is 16.7. The van der Waals surface area contributed by atoms with Crippen LogP contribution in [0.5, 0.6) is 0 Å². The monoisotopic (exact) mass is 318 g/mol. The van der Waals surface area contributed by atoms with Crippen molar-refractivity contribution >= 4 is 5.91 Å². The van der Waals surface area contributed by atoms with Crippen molar-refractivity contribution in [1.29, 1.82) is 0 Å². The molecule has 2 rings (SSSR count). The molecule has 1 saturated heterocycles. The van der Waals surface area contributed by atoms with Crippen LogP contribution in [0.25, 0.3) is 0 Å². The van der Waals surface area contributed by atoms with Crippen LogP contribution in [0.4, 0.5) is 0 Å². The molecule has 1 fully saturated rings. The molecule has 128 valence electrons. The summed E-state index contributed by atoms with van der Waals surface area (Å²) in [4.78, 5) is 12.1. The van der Waals surface area contributed by atoms with Crippen LogP contribution in [0.2, 0.25) is 0 Å². The maximum atomic E-state index is 12.1. The Morgan fingerprint density at radius 1 is 1.30 bits per heavy atom. The van der Waals surface area contributed by atoms with Crippen molar-refractivity contribution in [2.75, 3.05) is 26.3 Å². The van der Waals surface area contributed by atoms with Crippen molar-refractivity contribution in [1.82, 2.24) is 10.6 Å². The normalized spacial score (nSPS) is 18.4. The fourth-order valence-corrected chi connectivity index (χ4v) is 3.31. The molecule has 1 aliphatic heterocycles. The summed E-state index contributed by atoms with van der Waals surface area (Å²) in [5.74, 6) is 0.0823. The summed E-state index contributed by atoms with van der Waals surface area (Å²) in [7, 11) is 0. The fourth-order valence-electron chi connectivity index (χ4n) is 3.31. The van der Waals surface area contributed by atoms with Gasteiger partial charge in [0.2, 0.25) is 5.91 Å². The minimum atomic E-state index is -0.176. The highest BCUT2D eigenvalue weighted by Gasteiger charge is 2.35. The second-order valence-electron chi connectivity index (χ2n) is 6.60. The Balaban J connectivity index is 2.08. The van der Waals surface area contributed by atoms with Crippen LogP contribution in [0.15, 0.2) is 24.3 Å².